The van der Waals surface area contributed by atoms with Crippen LogP contribution in [0.25, 0.3) is 16.8 Å². The van der Waals surface area contributed by atoms with Gasteiger partial charge in [-0.25, -0.2) is 4.68 Å². The van der Waals surface area contributed by atoms with E-state index >= 15 is 0 Å². The van der Waals surface area contributed by atoms with E-state index in [4.69, 9.17) is 21.0 Å². The molecule has 1 aliphatic heterocycles. The first-order valence-electron chi connectivity index (χ1n) is 7.72. The van der Waals surface area contributed by atoms with Crippen LogP contribution in [0.1, 0.15) is 12.5 Å². The number of hydrogen-bond donors (Lipinski definition) is 1. The molecule has 6 nitrogen and oxygen atoms in total. The summed E-state index contributed by atoms with van der Waals surface area (Å²) in [7, 11) is 0. The molecule has 2 aromatic heterocycles. The lowest BCUT2D eigenvalue weighted by atomic mass is 10.2. The third-order valence-corrected chi connectivity index (χ3v) is 4.72. The maximum absolute atomic E-state index is 6.39. The van der Waals surface area contributed by atoms with Crippen molar-refractivity contribution in [2.24, 2.45) is 0 Å². The quantitative estimate of drug-likeness (QED) is 0.782. The Labute approximate surface area is 139 Å². The molecule has 4 rings (SSSR count). The van der Waals surface area contributed by atoms with E-state index in [1.54, 1.807) is 10.9 Å². The number of oxazole rings is 1. The number of benzene rings is 1. The molecule has 1 aromatic carbocycles. The van der Waals surface area contributed by atoms with Crippen LogP contribution >= 0.6 is 11.6 Å². The highest BCUT2D eigenvalue weighted by Crippen LogP contribution is 2.34. The fourth-order valence-electron chi connectivity index (χ4n) is 2.97. The Hall–Kier alpha value is -2.05. The Balaban J connectivity index is 1.90. The van der Waals surface area contributed by atoms with E-state index < -0.39 is 0 Å². The molecule has 0 radical (unpaired) electrons. The first-order valence-corrected chi connectivity index (χ1v) is 8.10. The molecule has 120 valence electrons. The van der Waals surface area contributed by atoms with Gasteiger partial charge in [0.1, 0.15) is 11.2 Å². The second kappa shape index (κ2) is 5.54. The van der Waals surface area contributed by atoms with Gasteiger partial charge in [0, 0.05) is 43.1 Å². The monoisotopic (exact) mass is 331 g/mol. The van der Waals surface area contributed by atoms with Crippen molar-refractivity contribution in [1.29, 1.82) is 0 Å². The fraction of sp³-hybridized carbons (Fsp3) is 0.375. The number of rotatable bonds is 2. The molecule has 3 aromatic rings. The molecule has 7 heteroatoms. The van der Waals surface area contributed by atoms with Gasteiger partial charge >= 0.3 is 0 Å². The maximum atomic E-state index is 6.39. The molecule has 23 heavy (non-hydrogen) atoms. The summed E-state index contributed by atoms with van der Waals surface area (Å²) in [6.07, 6.45) is 3.60. The summed E-state index contributed by atoms with van der Waals surface area (Å²) in [5.74, 6) is 0. The second-order valence-corrected chi connectivity index (χ2v) is 6.28. The summed E-state index contributed by atoms with van der Waals surface area (Å²) in [6.45, 7) is 6.84. The van der Waals surface area contributed by atoms with Crippen LogP contribution in [0.3, 0.4) is 0 Å². The van der Waals surface area contributed by atoms with Crippen LogP contribution in [0.15, 0.2) is 28.9 Å². The van der Waals surface area contributed by atoms with Crippen LogP contribution in [0.5, 0.6) is 0 Å². The molecule has 1 aliphatic rings. The number of anilines is 1. The standard InChI is InChI=1S/C16H18ClN5O/c1-10-9-18-5-7-21(10)16-20-14-11(2)12(17)8-13(15(14)23-16)22-6-3-4-19-22/h3-4,6,8,10,18H,5,7,9H2,1-2H3/t10-/m0/s1. The highest BCUT2D eigenvalue weighted by atomic mass is 35.5. The van der Waals surface area contributed by atoms with E-state index in [1.807, 2.05) is 25.3 Å². The molecule has 0 spiro atoms. The number of nitrogens with zero attached hydrogens (tertiary/aromatic N) is 4. The first kappa shape index (κ1) is 14.5. The van der Waals surface area contributed by atoms with Crippen molar-refractivity contribution < 1.29 is 4.42 Å². The zero-order chi connectivity index (χ0) is 16.0. The third-order valence-electron chi connectivity index (χ3n) is 4.32. The zero-order valence-electron chi connectivity index (χ0n) is 13.1. The van der Waals surface area contributed by atoms with Crippen LogP contribution in [0.4, 0.5) is 6.01 Å². The smallest absolute Gasteiger partial charge is 0.298 e. The normalized spacial score (nSPS) is 18.7. The minimum absolute atomic E-state index is 0.334. The van der Waals surface area contributed by atoms with E-state index in [0.717, 1.165) is 42.0 Å². The number of hydrogen-bond acceptors (Lipinski definition) is 5. The van der Waals surface area contributed by atoms with E-state index in [2.05, 4.69) is 22.2 Å². The molecule has 0 unspecified atom stereocenters. The lowest BCUT2D eigenvalue weighted by Crippen LogP contribution is -2.50. The van der Waals surface area contributed by atoms with Crippen molar-refractivity contribution >= 4 is 28.7 Å². The van der Waals surface area contributed by atoms with Gasteiger partial charge in [-0.3, -0.25) is 0 Å². The molecule has 1 N–H and O–H groups in total. The van der Waals surface area contributed by atoms with Gasteiger partial charge in [-0.2, -0.15) is 10.1 Å². The van der Waals surface area contributed by atoms with Crippen LogP contribution in [-0.4, -0.2) is 40.4 Å². The van der Waals surface area contributed by atoms with Gasteiger partial charge in [0.15, 0.2) is 5.58 Å². The van der Waals surface area contributed by atoms with Crippen molar-refractivity contribution in [3.63, 3.8) is 0 Å². The SMILES string of the molecule is Cc1c(Cl)cc(-n2cccn2)c2oc(N3CCNC[C@@H]3C)nc12. The van der Waals surface area contributed by atoms with Crippen LogP contribution in [0.2, 0.25) is 5.02 Å². The predicted molar refractivity (Wildman–Crippen MR) is 90.6 cm³/mol. The van der Waals surface area contributed by atoms with Crippen molar-refractivity contribution in [3.05, 3.63) is 35.1 Å². The lowest BCUT2D eigenvalue weighted by Gasteiger charge is -2.32. The van der Waals surface area contributed by atoms with Gasteiger partial charge in [-0.1, -0.05) is 11.6 Å². The Bertz CT molecular complexity index is 842. The summed E-state index contributed by atoms with van der Waals surface area (Å²) < 4.78 is 7.89. The van der Waals surface area contributed by atoms with Crippen molar-refractivity contribution in [3.8, 4) is 5.69 Å². The molecule has 1 atom stereocenters. The summed E-state index contributed by atoms with van der Waals surface area (Å²) in [5.41, 5.74) is 3.25. The van der Waals surface area contributed by atoms with E-state index in [0.29, 0.717) is 17.1 Å². The lowest BCUT2D eigenvalue weighted by molar-refractivity contribution is 0.456. The van der Waals surface area contributed by atoms with Crippen LogP contribution in [-0.2, 0) is 0 Å². The molecule has 3 heterocycles. The number of fused-ring (bicyclic) bond motifs is 1. The number of halogens is 1. The van der Waals surface area contributed by atoms with Crippen molar-refractivity contribution in [2.45, 2.75) is 19.9 Å². The molecule has 1 fully saturated rings. The molecule has 1 saturated heterocycles. The van der Waals surface area contributed by atoms with Crippen LogP contribution in [0, 0.1) is 6.92 Å². The highest BCUT2D eigenvalue weighted by molar-refractivity contribution is 6.32. The second-order valence-electron chi connectivity index (χ2n) is 5.87. The highest BCUT2D eigenvalue weighted by Gasteiger charge is 2.25. The first-order chi connectivity index (χ1) is 11.1. The fourth-order valence-corrected chi connectivity index (χ4v) is 3.17. The molecule has 0 bridgehead atoms. The Morgan fingerprint density at radius 1 is 1.43 bits per heavy atom. The summed E-state index contributed by atoms with van der Waals surface area (Å²) in [4.78, 5) is 6.91. The average Bonchev–Trinajstić information content (AvgIpc) is 3.21. The largest absolute Gasteiger partial charge is 0.421 e. The summed E-state index contributed by atoms with van der Waals surface area (Å²) in [6, 6.07) is 4.73. The summed E-state index contributed by atoms with van der Waals surface area (Å²) in [5, 5.41) is 8.33. The molecular formula is C16H18ClN5O. The molecule has 0 saturated carbocycles. The third kappa shape index (κ3) is 2.38. The Kier molecular flexibility index (Phi) is 3.50. The summed E-state index contributed by atoms with van der Waals surface area (Å²) >= 11 is 6.39. The number of aryl methyl sites for hydroxylation is 1. The van der Waals surface area contributed by atoms with Crippen molar-refractivity contribution in [2.75, 3.05) is 24.5 Å². The van der Waals surface area contributed by atoms with Gasteiger partial charge in [-0.05, 0) is 31.5 Å². The zero-order valence-corrected chi connectivity index (χ0v) is 13.8. The number of nitrogens with one attached hydrogen (secondary N) is 1. The molecular weight excluding hydrogens is 314 g/mol. The number of aromatic nitrogens is 3. The predicted octanol–water partition coefficient (Wildman–Crippen LogP) is 2.77. The molecule has 0 aliphatic carbocycles. The van der Waals surface area contributed by atoms with E-state index in [9.17, 15) is 0 Å². The maximum Gasteiger partial charge on any atom is 0.298 e. The molecule has 0 amide bonds. The van der Waals surface area contributed by atoms with Gasteiger partial charge < -0.3 is 14.6 Å². The van der Waals surface area contributed by atoms with E-state index in [-0.39, 0.29) is 0 Å². The Morgan fingerprint density at radius 2 is 2.30 bits per heavy atom. The average molecular weight is 332 g/mol. The topological polar surface area (TPSA) is 59.1 Å². The van der Waals surface area contributed by atoms with Crippen molar-refractivity contribution in [1.82, 2.24) is 20.1 Å². The Morgan fingerprint density at radius 3 is 3.04 bits per heavy atom. The van der Waals surface area contributed by atoms with Gasteiger partial charge in [0.05, 0.1) is 0 Å². The van der Waals surface area contributed by atoms with Gasteiger partial charge in [-0.15, -0.1) is 0 Å². The minimum atomic E-state index is 0.334. The van der Waals surface area contributed by atoms with Gasteiger partial charge in [0.2, 0.25) is 0 Å². The van der Waals surface area contributed by atoms with Crippen LogP contribution < -0.4 is 10.2 Å². The van der Waals surface area contributed by atoms with Gasteiger partial charge in [0.25, 0.3) is 6.01 Å². The minimum Gasteiger partial charge on any atom is -0.421 e. The number of piperazine rings is 1. The van der Waals surface area contributed by atoms with E-state index in [1.165, 1.54) is 0 Å².